The largest absolute Gasteiger partial charge is 0.277 e. The van der Waals surface area contributed by atoms with Gasteiger partial charge in [-0.2, -0.15) is 0 Å². The maximum absolute atomic E-state index is 12.9. The highest BCUT2D eigenvalue weighted by molar-refractivity contribution is 6.29. The smallest absolute Gasteiger partial charge is 0.261 e. The normalized spacial score (nSPS) is 12.9. The van der Waals surface area contributed by atoms with Crippen molar-refractivity contribution in [3.05, 3.63) is 337 Å². The van der Waals surface area contributed by atoms with Crippen molar-refractivity contribution in [2.75, 3.05) is 21.1 Å². The first kappa shape index (κ1) is 64.9. The van der Waals surface area contributed by atoms with Crippen LogP contribution in [-0.4, -0.2) is 101 Å². The molecule has 19 rings (SSSR count). The van der Waals surface area contributed by atoms with Gasteiger partial charge in [-0.3, -0.25) is 43.5 Å². The highest BCUT2D eigenvalue weighted by Gasteiger charge is 2.35. The third kappa shape index (κ3) is 11.4. The average Bonchev–Trinajstić information content (AvgIpc) is 0.766. The summed E-state index contributed by atoms with van der Waals surface area (Å²) in [6.07, 6.45) is 0. The van der Waals surface area contributed by atoms with Gasteiger partial charge < -0.3 is 0 Å². The SMILES string of the molecule is CN1C(=O)c2cccc3c(-c4ccc(-c5ccccc5)c5ccccc45)ccc(c23)C1=O.CN1C(=O)c2cccc3c(-c4nc(-c5ccccc5)nc(-c5ccc(-c6ccccc6)cc5)n4)ccc(c23)C1=O.CN1C(=O)c2cccc3c(-c4nc(-c5ccccc5)nc(-c5ccccc5)n4)ccc(c23)C1=O. The van der Waals surface area contributed by atoms with Crippen LogP contribution in [0.25, 0.3) is 145 Å². The van der Waals surface area contributed by atoms with Crippen molar-refractivity contribution < 1.29 is 28.8 Å². The van der Waals surface area contributed by atoms with Crippen molar-refractivity contribution >= 4 is 78.5 Å². The number of amides is 6. The minimum atomic E-state index is -0.319. The number of nitrogens with zero attached hydrogens (tertiary/aromatic N) is 9. The van der Waals surface area contributed by atoms with Gasteiger partial charge >= 0.3 is 0 Å². The van der Waals surface area contributed by atoms with Gasteiger partial charge in [-0.15, -0.1) is 0 Å². The predicted octanol–water partition coefficient (Wildman–Crippen LogP) is 18.7. The summed E-state index contributed by atoms with van der Waals surface area (Å²) in [5.74, 6) is 1.36. The van der Waals surface area contributed by atoms with E-state index >= 15 is 0 Å². The van der Waals surface area contributed by atoms with E-state index in [0.717, 1.165) is 92.4 Å². The Morgan fingerprint density at radius 3 is 0.745 bits per heavy atom. The number of imide groups is 3. The molecule has 0 radical (unpaired) electrons. The van der Waals surface area contributed by atoms with Gasteiger partial charge in [0.25, 0.3) is 35.4 Å². The number of carbonyl (C=O) groups excluding carboxylic acids is 6. The lowest BCUT2D eigenvalue weighted by Gasteiger charge is -2.25. The Morgan fingerprint density at radius 1 is 0.170 bits per heavy atom. The number of hydrogen-bond donors (Lipinski definition) is 0. The third-order valence-electron chi connectivity index (χ3n) is 19.7. The molecule has 5 heterocycles. The van der Waals surface area contributed by atoms with Crippen LogP contribution in [0.3, 0.4) is 0 Å². The summed E-state index contributed by atoms with van der Waals surface area (Å²) in [5, 5.41) is 6.75. The van der Waals surface area contributed by atoms with E-state index in [1.54, 1.807) is 30.3 Å². The zero-order chi connectivity index (χ0) is 72.3. The van der Waals surface area contributed by atoms with E-state index in [9.17, 15) is 28.8 Å². The second kappa shape index (κ2) is 26.8. The lowest BCUT2D eigenvalue weighted by Crippen LogP contribution is -2.36. The number of benzene rings is 14. The number of carbonyl (C=O) groups is 6. The molecule has 15 heteroatoms. The molecule has 0 unspecified atom stereocenters. The molecule has 106 heavy (non-hydrogen) atoms. The van der Waals surface area contributed by atoms with Crippen LogP contribution in [0.15, 0.2) is 303 Å². The van der Waals surface area contributed by atoms with E-state index in [1.165, 1.54) is 42.6 Å². The number of hydrogen-bond acceptors (Lipinski definition) is 12. The van der Waals surface area contributed by atoms with Crippen LogP contribution < -0.4 is 0 Å². The zero-order valence-corrected chi connectivity index (χ0v) is 57.3. The molecule has 0 saturated carbocycles. The monoisotopic (exact) mass is 1370 g/mol. The summed E-state index contributed by atoms with van der Waals surface area (Å²) in [6.45, 7) is 0. The number of rotatable bonds is 9. The predicted molar refractivity (Wildman–Crippen MR) is 414 cm³/mol. The summed E-state index contributed by atoms with van der Waals surface area (Å²) in [7, 11) is 4.55. The fourth-order valence-corrected chi connectivity index (χ4v) is 14.4. The topological polar surface area (TPSA) is 189 Å². The Hall–Kier alpha value is -14.4. The Morgan fingerprint density at radius 2 is 0.387 bits per heavy atom. The Balaban J connectivity index is 0.000000118. The molecule has 16 aromatic rings. The lowest BCUT2D eigenvalue weighted by molar-refractivity contribution is 0.0635. The fraction of sp³-hybridized carbons (Fsp3) is 0.0330. The van der Waals surface area contributed by atoms with E-state index in [-0.39, 0.29) is 35.4 Å². The molecule has 3 aliphatic heterocycles. The maximum atomic E-state index is 12.9. The highest BCUT2D eigenvalue weighted by Crippen LogP contribution is 2.43. The average molecular weight is 1370 g/mol. The van der Waals surface area contributed by atoms with Crippen molar-refractivity contribution in [2.24, 2.45) is 0 Å². The number of fused-ring (bicyclic) bond motifs is 1. The molecule has 0 saturated heterocycles. The second-order valence-corrected chi connectivity index (χ2v) is 25.9. The van der Waals surface area contributed by atoms with E-state index in [2.05, 4.69) is 78.9 Å². The van der Waals surface area contributed by atoms with Gasteiger partial charge in [0.05, 0.1) is 0 Å². The van der Waals surface area contributed by atoms with Gasteiger partial charge in [0, 0.05) is 104 Å². The van der Waals surface area contributed by atoms with Crippen LogP contribution in [-0.2, 0) is 0 Å². The standard InChI is InChI=1S/C34H22N4O2.C29H19NO2.C28H18N4O2/c1-38-33(39)27-14-8-13-25-26(19-20-28(29(25)27)34(38)40)32-36-30(23-11-6-3-7-12-23)35-31(37-32)24-17-15-22(16-18-24)21-9-4-2-5-10-21;1-30-28(31)25-13-7-12-24-23(16-17-26(27(24)25)29(30)32)22-15-14-19(18-8-3-2-4-9-18)20-10-5-6-11-21(20)22;1-32-27(33)21-14-8-13-19-20(15-16-22(23(19)21)28(32)34)26-30-24(17-9-4-2-5-10-17)29-25(31-26)18-11-6-3-7-12-18/h2-20H,1H3;2-17H,1H3;2-16H,1H3. The summed E-state index contributed by atoms with van der Waals surface area (Å²) < 4.78 is 0. The van der Waals surface area contributed by atoms with Gasteiger partial charge in [-0.25, -0.2) is 29.9 Å². The van der Waals surface area contributed by atoms with Crippen LogP contribution in [0.4, 0.5) is 0 Å². The molecule has 0 aliphatic carbocycles. The van der Waals surface area contributed by atoms with Crippen LogP contribution in [0, 0.1) is 0 Å². The van der Waals surface area contributed by atoms with Crippen LogP contribution in [0.1, 0.15) is 62.1 Å². The summed E-state index contributed by atoms with van der Waals surface area (Å²) in [6, 6.07) is 98.4. The van der Waals surface area contributed by atoms with Crippen molar-refractivity contribution in [1.82, 2.24) is 44.6 Å². The Labute approximate surface area is 608 Å². The minimum absolute atomic E-state index is 0.255. The minimum Gasteiger partial charge on any atom is -0.277 e. The molecular weight excluding hydrogens is 1320 g/mol. The van der Waals surface area contributed by atoms with Crippen molar-refractivity contribution in [1.29, 1.82) is 0 Å². The van der Waals surface area contributed by atoms with Crippen molar-refractivity contribution in [2.45, 2.75) is 0 Å². The van der Waals surface area contributed by atoms with E-state index in [1.807, 2.05) is 194 Å². The first-order chi connectivity index (χ1) is 51.8. The lowest BCUT2D eigenvalue weighted by atomic mass is 9.86. The molecule has 0 fully saturated rings. The molecule has 2 aromatic heterocycles. The van der Waals surface area contributed by atoms with Gasteiger partial charge in [-0.1, -0.05) is 255 Å². The third-order valence-corrected chi connectivity index (χ3v) is 19.7. The van der Waals surface area contributed by atoms with Gasteiger partial charge in [0.1, 0.15) is 0 Å². The maximum Gasteiger partial charge on any atom is 0.261 e. The van der Waals surface area contributed by atoms with Gasteiger partial charge in [0.15, 0.2) is 34.9 Å². The summed E-state index contributed by atoms with van der Waals surface area (Å²) >= 11 is 0. The molecule has 6 amide bonds. The van der Waals surface area contributed by atoms with E-state index in [0.29, 0.717) is 79.1 Å². The molecule has 0 N–H and O–H groups in total. The Bertz CT molecular complexity index is 6200. The first-order valence-corrected chi connectivity index (χ1v) is 34.4. The van der Waals surface area contributed by atoms with Crippen LogP contribution in [0.5, 0.6) is 0 Å². The molecule has 504 valence electrons. The summed E-state index contributed by atoms with van der Waals surface area (Å²) in [5.41, 5.74) is 14.8. The first-order valence-electron chi connectivity index (χ1n) is 34.4. The highest BCUT2D eigenvalue weighted by atomic mass is 16.2. The van der Waals surface area contributed by atoms with Crippen LogP contribution in [0.2, 0.25) is 0 Å². The van der Waals surface area contributed by atoms with Gasteiger partial charge in [0.2, 0.25) is 0 Å². The van der Waals surface area contributed by atoms with Crippen LogP contribution >= 0.6 is 0 Å². The fourth-order valence-electron chi connectivity index (χ4n) is 14.4. The molecular formula is C91H59N9O6. The Kier molecular flexibility index (Phi) is 16.4. The molecule has 0 spiro atoms. The van der Waals surface area contributed by atoms with Crippen molar-refractivity contribution in [3.8, 4) is 102 Å². The quantitative estimate of drug-likeness (QED) is 0.125. The molecule has 14 aromatic carbocycles. The molecule has 0 atom stereocenters. The van der Waals surface area contributed by atoms with E-state index in [4.69, 9.17) is 29.9 Å². The number of aromatic nitrogens is 6. The van der Waals surface area contributed by atoms with Crippen molar-refractivity contribution in [3.63, 3.8) is 0 Å². The van der Waals surface area contributed by atoms with Gasteiger partial charge in [-0.05, 0) is 109 Å². The zero-order valence-electron chi connectivity index (χ0n) is 57.3. The molecule has 3 aliphatic rings. The molecule has 15 nitrogen and oxygen atoms in total. The summed E-state index contributed by atoms with van der Waals surface area (Å²) in [4.78, 5) is 110. The second-order valence-electron chi connectivity index (χ2n) is 25.9. The molecule has 0 bridgehead atoms. The van der Waals surface area contributed by atoms with E-state index < -0.39 is 0 Å².